The minimum atomic E-state index is 0.00183. The summed E-state index contributed by atoms with van der Waals surface area (Å²) >= 11 is 0. The Balaban J connectivity index is 1.26. The number of hydrogen-bond acceptors (Lipinski definition) is 1. The highest BCUT2D eigenvalue weighted by Crippen LogP contribution is 2.48. The van der Waals surface area contributed by atoms with E-state index in [1.807, 2.05) is 0 Å². The largest absolute Gasteiger partial charge is 0.309 e. The maximum atomic E-state index is 2.46. The van der Waals surface area contributed by atoms with Gasteiger partial charge in [0.1, 0.15) is 0 Å². The quantitative estimate of drug-likeness (QED) is 0.148. The van der Waals surface area contributed by atoms with Gasteiger partial charge in [-0.1, -0.05) is 230 Å². The van der Waals surface area contributed by atoms with E-state index in [0.717, 1.165) is 22.6 Å². The number of anilines is 3. The first-order chi connectivity index (χ1) is 29.5. The van der Waals surface area contributed by atoms with E-state index in [-0.39, 0.29) is 10.8 Å². The second-order valence-electron chi connectivity index (χ2n) is 18.2. The summed E-state index contributed by atoms with van der Waals surface area (Å²) in [5.74, 6) is 0. The number of benzene rings is 9. The smallest absolute Gasteiger partial charge is 0.0540 e. The van der Waals surface area contributed by atoms with Crippen LogP contribution >= 0.6 is 0 Å². The Morgan fingerprint density at radius 3 is 1.25 bits per heavy atom. The summed E-state index contributed by atoms with van der Waals surface area (Å²) < 4.78 is 0. The first-order valence-electron chi connectivity index (χ1n) is 21.5. The van der Waals surface area contributed by atoms with Crippen LogP contribution in [0.15, 0.2) is 212 Å². The van der Waals surface area contributed by atoms with Crippen LogP contribution in [-0.4, -0.2) is 0 Å². The van der Waals surface area contributed by atoms with Crippen molar-refractivity contribution in [3.63, 3.8) is 0 Å². The summed E-state index contributed by atoms with van der Waals surface area (Å²) in [6.07, 6.45) is 0. The van der Waals surface area contributed by atoms with Crippen molar-refractivity contribution >= 4 is 27.8 Å². The van der Waals surface area contributed by atoms with Crippen molar-refractivity contribution < 1.29 is 0 Å². The van der Waals surface area contributed by atoms with E-state index in [2.05, 4.69) is 259 Å². The van der Waals surface area contributed by atoms with Gasteiger partial charge in [-0.15, -0.1) is 0 Å². The molecule has 0 bridgehead atoms. The molecule has 0 aliphatic rings. The number of fused-ring (bicyclic) bond motifs is 1. The first kappa shape index (κ1) is 39.5. The minimum absolute atomic E-state index is 0.00183. The highest BCUT2D eigenvalue weighted by Gasteiger charge is 2.24. The van der Waals surface area contributed by atoms with Gasteiger partial charge in [0.05, 0.1) is 11.4 Å². The van der Waals surface area contributed by atoms with Gasteiger partial charge in [-0.05, 0) is 102 Å². The average Bonchev–Trinajstić information content (AvgIpc) is 3.29. The number of rotatable bonds is 8. The molecule has 9 aromatic rings. The van der Waals surface area contributed by atoms with Crippen LogP contribution in [0, 0.1) is 0 Å². The maximum Gasteiger partial charge on any atom is 0.0540 e. The van der Waals surface area contributed by atoms with Crippen molar-refractivity contribution in [3.8, 4) is 55.6 Å². The Hall–Kier alpha value is -6.96. The first-order valence-corrected chi connectivity index (χ1v) is 21.5. The van der Waals surface area contributed by atoms with Crippen LogP contribution in [0.4, 0.5) is 17.1 Å². The van der Waals surface area contributed by atoms with Crippen molar-refractivity contribution in [2.24, 2.45) is 0 Å². The molecular formula is C60H53N. The normalized spacial score (nSPS) is 11.8. The van der Waals surface area contributed by atoms with E-state index in [1.165, 1.54) is 72.0 Å². The standard InChI is InChI=1S/C60H53N/c1-59(2,3)49-39-48(40-50(41-49)60(4,5)6)53-27-17-23-47-24-18-28-55(58(47)53)54-26-14-16-30-57(54)61(51-37-35-45(36-38-51)43-21-11-8-12-22-43)56-29-15-13-25-52(56)46-33-31-44(32-34-46)42-19-9-7-10-20-42/h7-41H,1-6H3. The van der Waals surface area contributed by atoms with E-state index < -0.39 is 0 Å². The highest BCUT2D eigenvalue weighted by molar-refractivity contribution is 6.09. The minimum Gasteiger partial charge on any atom is -0.309 e. The van der Waals surface area contributed by atoms with Gasteiger partial charge in [0.2, 0.25) is 0 Å². The SMILES string of the molecule is CC(C)(C)c1cc(-c2cccc3cccc(-c4ccccc4N(c4ccc(-c5ccccc5)cc4)c4ccccc4-c4ccc(-c5ccccc5)cc4)c23)cc(C(C)(C)C)c1. The molecule has 61 heavy (non-hydrogen) atoms. The lowest BCUT2D eigenvalue weighted by Crippen LogP contribution is -2.16. The van der Waals surface area contributed by atoms with Crippen LogP contribution < -0.4 is 4.90 Å². The van der Waals surface area contributed by atoms with Crippen LogP contribution in [0.2, 0.25) is 0 Å². The fraction of sp³-hybridized carbons (Fsp3) is 0.133. The summed E-state index contributed by atoms with van der Waals surface area (Å²) in [6.45, 7) is 13.9. The van der Waals surface area contributed by atoms with Crippen LogP contribution in [-0.2, 0) is 10.8 Å². The fourth-order valence-corrected chi connectivity index (χ4v) is 8.58. The molecule has 0 atom stereocenters. The lowest BCUT2D eigenvalue weighted by Gasteiger charge is -2.30. The number of hydrogen-bond donors (Lipinski definition) is 0. The van der Waals surface area contributed by atoms with Crippen LogP contribution in [0.1, 0.15) is 52.7 Å². The lowest BCUT2D eigenvalue weighted by molar-refractivity contribution is 0.569. The molecule has 0 fully saturated rings. The molecule has 298 valence electrons. The second kappa shape index (κ2) is 16.2. The zero-order valence-electron chi connectivity index (χ0n) is 36.2. The molecule has 0 aromatic heterocycles. The van der Waals surface area contributed by atoms with Gasteiger partial charge >= 0.3 is 0 Å². The molecule has 0 radical (unpaired) electrons. The number of nitrogens with zero attached hydrogens (tertiary/aromatic N) is 1. The summed E-state index contributed by atoms with van der Waals surface area (Å²) in [6, 6.07) is 77.9. The molecule has 0 spiro atoms. The Labute approximate surface area is 362 Å². The van der Waals surface area contributed by atoms with E-state index in [4.69, 9.17) is 0 Å². The molecule has 0 saturated heterocycles. The molecule has 9 rings (SSSR count). The number of para-hydroxylation sites is 2. The van der Waals surface area contributed by atoms with E-state index >= 15 is 0 Å². The predicted molar refractivity (Wildman–Crippen MR) is 263 cm³/mol. The molecule has 1 heteroatoms. The van der Waals surface area contributed by atoms with Gasteiger partial charge in [0.15, 0.2) is 0 Å². The van der Waals surface area contributed by atoms with Crippen molar-refractivity contribution in [1.82, 2.24) is 0 Å². The summed E-state index contributed by atoms with van der Waals surface area (Å²) in [5, 5.41) is 2.48. The van der Waals surface area contributed by atoms with E-state index in [0.29, 0.717) is 0 Å². The Kier molecular flexibility index (Phi) is 10.5. The van der Waals surface area contributed by atoms with Crippen molar-refractivity contribution in [1.29, 1.82) is 0 Å². The van der Waals surface area contributed by atoms with Gasteiger partial charge in [-0.25, -0.2) is 0 Å². The zero-order chi connectivity index (χ0) is 42.1. The molecule has 0 unspecified atom stereocenters. The third-order valence-electron chi connectivity index (χ3n) is 12.0. The van der Waals surface area contributed by atoms with Gasteiger partial charge in [-0.2, -0.15) is 0 Å². The van der Waals surface area contributed by atoms with E-state index in [1.54, 1.807) is 0 Å². The summed E-state index contributed by atoms with van der Waals surface area (Å²) in [7, 11) is 0. The predicted octanol–water partition coefficient (Wildman–Crippen LogP) is 17.2. The summed E-state index contributed by atoms with van der Waals surface area (Å²) in [4.78, 5) is 2.46. The maximum absolute atomic E-state index is 2.46. The lowest BCUT2D eigenvalue weighted by atomic mass is 9.78. The van der Waals surface area contributed by atoms with Gasteiger partial charge in [0, 0.05) is 16.8 Å². The topological polar surface area (TPSA) is 3.24 Å². The summed E-state index contributed by atoms with van der Waals surface area (Å²) in [5.41, 5.74) is 18.0. The second-order valence-corrected chi connectivity index (χ2v) is 18.2. The Bertz CT molecular complexity index is 2910. The third-order valence-corrected chi connectivity index (χ3v) is 12.0. The molecule has 0 aliphatic carbocycles. The van der Waals surface area contributed by atoms with Crippen LogP contribution in [0.3, 0.4) is 0 Å². The molecule has 1 nitrogen and oxygen atoms in total. The molecule has 0 aliphatic heterocycles. The van der Waals surface area contributed by atoms with Gasteiger partial charge in [0.25, 0.3) is 0 Å². The average molecular weight is 788 g/mol. The van der Waals surface area contributed by atoms with Gasteiger partial charge in [-0.3, -0.25) is 0 Å². The fourth-order valence-electron chi connectivity index (χ4n) is 8.58. The van der Waals surface area contributed by atoms with E-state index in [9.17, 15) is 0 Å². The molecule has 9 aromatic carbocycles. The third kappa shape index (κ3) is 8.05. The zero-order valence-corrected chi connectivity index (χ0v) is 36.2. The molecule has 0 saturated carbocycles. The van der Waals surface area contributed by atoms with Crippen LogP contribution in [0.25, 0.3) is 66.4 Å². The van der Waals surface area contributed by atoms with Crippen LogP contribution in [0.5, 0.6) is 0 Å². The molecule has 0 amide bonds. The monoisotopic (exact) mass is 787 g/mol. The van der Waals surface area contributed by atoms with Gasteiger partial charge < -0.3 is 4.90 Å². The highest BCUT2D eigenvalue weighted by atomic mass is 15.1. The molecular weight excluding hydrogens is 735 g/mol. The Morgan fingerprint density at radius 1 is 0.295 bits per heavy atom. The molecule has 0 N–H and O–H groups in total. The van der Waals surface area contributed by atoms with Crippen molar-refractivity contribution in [2.45, 2.75) is 52.4 Å². The van der Waals surface area contributed by atoms with Crippen molar-refractivity contribution in [3.05, 3.63) is 223 Å². The van der Waals surface area contributed by atoms with Crippen molar-refractivity contribution in [2.75, 3.05) is 4.90 Å². The Morgan fingerprint density at radius 2 is 0.705 bits per heavy atom. The molecule has 0 heterocycles.